The summed E-state index contributed by atoms with van der Waals surface area (Å²) in [4.78, 5) is 24.0. The zero-order chi connectivity index (χ0) is 22.9. The molecule has 2 aromatic heterocycles. The number of nitrogen functional groups attached to an aromatic ring is 1. The van der Waals surface area contributed by atoms with Gasteiger partial charge in [-0.3, -0.25) is 4.90 Å². The Morgan fingerprint density at radius 1 is 1.12 bits per heavy atom. The highest BCUT2D eigenvalue weighted by molar-refractivity contribution is 6.30. The van der Waals surface area contributed by atoms with Crippen molar-refractivity contribution in [3.05, 3.63) is 77.7 Å². The molecule has 0 fully saturated rings. The fraction of sp³-hybridized carbons (Fsp3) is 0.208. The standard InChI is InChI=1S/C24H24ClN5O2/c1-24(2,3)32-23(31)30(14-16-4-8-18(25)9-5-16)22-21-27-12-13-29(21)15-20(28-22)17-6-10-19(26)11-7-17/h4-13,15H,14,26H2,1-3H3. The minimum atomic E-state index is -0.671. The number of anilines is 2. The van der Waals surface area contributed by atoms with Crippen LogP contribution in [-0.4, -0.2) is 26.1 Å². The Labute approximate surface area is 191 Å². The molecular formula is C24H24ClN5O2. The van der Waals surface area contributed by atoms with E-state index >= 15 is 0 Å². The molecule has 7 nitrogen and oxygen atoms in total. The lowest BCUT2D eigenvalue weighted by atomic mass is 10.1. The number of ether oxygens (including phenoxy) is 1. The van der Waals surface area contributed by atoms with Crippen LogP contribution >= 0.6 is 11.6 Å². The van der Waals surface area contributed by atoms with E-state index in [0.717, 1.165) is 11.1 Å². The number of halogens is 1. The molecule has 0 spiro atoms. The van der Waals surface area contributed by atoms with E-state index in [1.807, 2.05) is 74.0 Å². The fourth-order valence-corrected chi connectivity index (χ4v) is 3.33. The summed E-state index contributed by atoms with van der Waals surface area (Å²) in [5.41, 5.74) is 8.80. The molecule has 0 aliphatic rings. The number of amides is 1. The van der Waals surface area contributed by atoms with Gasteiger partial charge in [-0.15, -0.1) is 0 Å². The second-order valence-electron chi connectivity index (χ2n) is 8.42. The molecule has 4 rings (SSSR count). The van der Waals surface area contributed by atoms with Gasteiger partial charge in [0, 0.05) is 34.9 Å². The number of carbonyl (C=O) groups excluding carboxylic acids is 1. The Kier molecular flexibility index (Phi) is 5.76. The lowest BCUT2D eigenvalue weighted by Gasteiger charge is -2.27. The zero-order valence-electron chi connectivity index (χ0n) is 18.1. The number of nitrogens with zero attached hydrogens (tertiary/aromatic N) is 4. The van der Waals surface area contributed by atoms with Gasteiger partial charge in [0.05, 0.1) is 12.2 Å². The van der Waals surface area contributed by atoms with Crippen molar-refractivity contribution in [3.63, 3.8) is 0 Å². The topological polar surface area (TPSA) is 85.8 Å². The van der Waals surface area contributed by atoms with E-state index in [-0.39, 0.29) is 6.54 Å². The van der Waals surface area contributed by atoms with Crippen LogP contribution < -0.4 is 10.6 Å². The van der Waals surface area contributed by atoms with Crippen LogP contribution in [0.25, 0.3) is 16.9 Å². The van der Waals surface area contributed by atoms with Gasteiger partial charge in [-0.2, -0.15) is 0 Å². The molecule has 4 aromatic rings. The molecule has 0 bridgehead atoms. The third-order valence-corrected chi connectivity index (χ3v) is 4.94. The summed E-state index contributed by atoms with van der Waals surface area (Å²) >= 11 is 6.04. The highest BCUT2D eigenvalue weighted by Gasteiger charge is 2.27. The van der Waals surface area contributed by atoms with Gasteiger partial charge in [-0.25, -0.2) is 14.8 Å². The minimum absolute atomic E-state index is 0.243. The molecule has 1 amide bonds. The lowest BCUT2D eigenvalue weighted by molar-refractivity contribution is 0.0576. The number of hydrogen-bond acceptors (Lipinski definition) is 5. The first kappa shape index (κ1) is 21.6. The van der Waals surface area contributed by atoms with Crippen molar-refractivity contribution < 1.29 is 9.53 Å². The zero-order valence-corrected chi connectivity index (χ0v) is 18.9. The van der Waals surface area contributed by atoms with Gasteiger partial charge in [0.25, 0.3) is 0 Å². The molecule has 0 aliphatic heterocycles. The molecule has 0 radical (unpaired) electrons. The molecule has 0 saturated carbocycles. The van der Waals surface area contributed by atoms with Crippen LogP contribution in [-0.2, 0) is 11.3 Å². The predicted octanol–water partition coefficient (Wildman–Crippen LogP) is 5.57. The van der Waals surface area contributed by atoms with Crippen molar-refractivity contribution in [1.82, 2.24) is 14.4 Å². The van der Waals surface area contributed by atoms with E-state index < -0.39 is 11.7 Å². The van der Waals surface area contributed by atoms with E-state index in [1.165, 1.54) is 4.90 Å². The van der Waals surface area contributed by atoms with Crippen molar-refractivity contribution in [3.8, 4) is 11.3 Å². The first-order chi connectivity index (χ1) is 15.2. The second-order valence-corrected chi connectivity index (χ2v) is 8.86. The molecule has 32 heavy (non-hydrogen) atoms. The second kappa shape index (κ2) is 8.51. The molecule has 2 aromatic carbocycles. The number of nitrogens with two attached hydrogens (primary N) is 1. The number of rotatable bonds is 4. The van der Waals surface area contributed by atoms with Gasteiger partial charge in [-0.1, -0.05) is 35.9 Å². The molecule has 0 atom stereocenters. The maximum Gasteiger partial charge on any atom is 0.416 e. The summed E-state index contributed by atoms with van der Waals surface area (Å²) in [6.07, 6.45) is 4.84. The Morgan fingerprint density at radius 2 is 1.81 bits per heavy atom. The third-order valence-electron chi connectivity index (χ3n) is 4.69. The van der Waals surface area contributed by atoms with E-state index in [2.05, 4.69) is 4.98 Å². The molecule has 0 aliphatic carbocycles. The Balaban J connectivity index is 1.84. The average Bonchev–Trinajstić information content (AvgIpc) is 3.21. The van der Waals surface area contributed by atoms with Crippen molar-refractivity contribution in [2.24, 2.45) is 0 Å². The van der Waals surface area contributed by atoms with Crippen LogP contribution in [0.4, 0.5) is 16.3 Å². The normalized spacial score (nSPS) is 11.5. The van der Waals surface area contributed by atoms with Crippen molar-refractivity contribution in [2.45, 2.75) is 32.9 Å². The number of benzene rings is 2. The lowest BCUT2D eigenvalue weighted by Crippen LogP contribution is -2.37. The predicted molar refractivity (Wildman–Crippen MR) is 127 cm³/mol. The highest BCUT2D eigenvalue weighted by atomic mass is 35.5. The van der Waals surface area contributed by atoms with Crippen LogP contribution in [0.15, 0.2) is 67.1 Å². The van der Waals surface area contributed by atoms with Gasteiger partial charge in [-0.05, 0) is 50.6 Å². The van der Waals surface area contributed by atoms with Gasteiger partial charge in [0.1, 0.15) is 5.60 Å². The first-order valence-corrected chi connectivity index (χ1v) is 10.5. The Hall–Kier alpha value is -3.58. The summed E-state index contributed by atoms with van der Waals surface area (Å²) in [7, 11) is 0. The minimum Gasteiger partial charge on any atom is -0.443 e. The van der Waals surface area contributed by atoms with Crippen LogP contribution in [0.1, 0.15) is 26.3 Å². The van der Waals surface area contributed by atoms with Crippen LogP contribution in [0, 0.1) is 0 Å². The van der Waals surface area contributed by atoms with Crippen LogP contribution in [0.5, 0.6) is 0 Å². The van der Waals surface area contributed by atoms with E-state index in [1.54, 1.807) is 18.3 Å². The summed E-state index contributed by atoms with van der Waals surface area (Å²) in [5.74, 6) is 0.397. The summed E-state index contributed by atoms with van der Waals surface area (Å²) in [5, 5.41) is 0.622. The third kappa shape index (κ3) is 4.84. The van der Waals surface area contributed by atoms with Gasteiger partial charge in [0.15, 0.2) is 11.5 Å². The Bertz CT molecular complexity index is 1240. The first-order valence-electron chi connectivity index (χ1n) is 10.1. The van der Waals surface area contributed by atoms with E-state index in [9.17, 15) is 4.79 Å². The van der Waals surface area contributed by atoms with Gasteiger partial charge < -0.3 is 14.9 Å². The number of aromatic nitrogens is 3. The number of imidazole rings is 1. The molecule has 2 N–H and O–H groups in total. The van der Waals surface area contributed by atoms with Crippen molar-refractivity contribution >= 4 is 34.8 Å². The highest BCUT2D eigenvalue weighted by Crippen LogP contribution is 2.28. The summed E-state index contributed by atoms with van der Waals surface area (Å²) in [6.45, 7) is 5.73. The maximum absolute atomic E-state index is 13.3. The number of carbonyl (C=O) groups is 1. The quantitative estimate of drug-likeness (QED) is 0.411. The van der Waals surface area contributed by atoms with Gasteiger partial charge >= 0.3 is 6.09 Å². The summed E-state index contributed by atoms with van der Waals surface area (Å²) < 4.78 is 7.54. The van der Waals surface area contributed by atoms with Crippen LogP contribution in [0.3, 0.4) is 0 Å². The number of fused-ring (bicyclic) bond motifs is 1. The molecule has 8 heteroatoms. The SMILES string of the molecule is CC(C)(C)OC(=O)N(Cc1ccc(Cl)cc1)c1nc(-c2ccc(N)cc2)cn2ccnc12. The molecule has 0 unspecified atom stereocenters. The van der Waals surface area contributed by atoms with Crippen molar-refractivity contribution in [1.29, 1.82) is 0 Å². The largest absolute Gasteiger partial charge is 0.443 e. The van der Waals surface area contributed by atoms with Crippen LogP contribution in [0.2, 0.25) is 5.02 Å². The monoisotopic (exact) mass is 449 g/mol. The number of hydrogen-bond donors (Lipinski definition) is 1. The average molecular weight is 450 g/mol. The fourth-order valence-electron chi connectivity index (χ4n) is 3.20. The summed E-state index contributed by atoms with van der Waals surface area (Å²) in [6, 6.07) is 14.7. The molecular weight excluding hydrogens is 426 g/mol. The van der Waals surface area contributed by atoms with Crippen molar-refractivity contribution in [2.75, 3.05) is 10.6 Å². The van der Waals surface area contributed by atoms with E-state index in [4.69, 9.17) is 27.1 Å². The van der Waals surface area contributed by atoms with E-state index in [0.29, 0.717) is 27.9 Å². The maximum atomic E-state index is 13.3. The molecule has 0 saturated heterocycles. The van der Waals surface area contributed by atoms with Gasteiger partial charge in [0.2, 0.25) is 0 Å². The molecule has 2 heterocycles. The molecule has 164 valence electrons. The Morgan fingerprint density at radius 3 is 2.47 bits per heavy atom. The smallest absolute Gasteiger partial charge is 0.416 e.